The van der Waals surface area contributed by atoms with E-state index < -0.39 is 11.8 Å². The zero-order valence-electron chi connectivity index (χ0n) is 18.3. The number of ketones is 1. The van der Waals surface area contributed by atoms with E-state index in [9.17, 15) is 14.4 Å². The Kier molecular flexibility index (Phi) is 15.9. The summed E-state index contributed by atoms with van der Waals surface area (Å²) in [6, 6.07) is 8.24. The number of esters is 2. The Bertz CT molecular complexity index is 617. The zero-order chi connectivity index (χ0) is 22.6. The molecule has 0 aliphatic carbocycles. The quantitative estimate of drug-likeness (QED) is 0.141. The number of Topliss-reactive ketones (excluding diaryl/α,β-unsaturated/α-hetero) is 1. The minimum Gasteiger partial charge on any atom is -0.463 e. The van der Waals surface area contributed by atoms with Crippen LogP contribution in [0, 0.1) is 0 Å². The van der Waals surface area contributed by atoms with E-state index in [0.717, 1.165) is 25.7 Å². The molecule has 0 saturated carbocycles. The third-order valence-electron chi connectivity index (χ3n) is 4.15. The van der Waals surface area contributed by atoms with Gasteiger partial charge >= 0.3 is 11.9 Å². The van der Waals surface area contributed by atoms with Crippen LogP contribution < -0.4 is 0 Å². The first-order valence-electron chi connectivity index (χ1n) is 10.8. The van der Waals surface area contributed by atoms with Crippen molar-refractivity contribution in [2.45, 2.75) is 39.0 Å². The molecule has 8 heteroatoms. The van der Waals surface area contributed by atoms with Crippen molar-refractivity contribution in [1.82, 2.24) is 0 Å². The molecule has 1 rings (SSSR count). The molecule has 0 heterocycles. The van der Waals surface area contributed by atoms with Crippen molar-refractivity contribution in [3.8, 4) is 0 Å². The number of carbonyl (C=O) groups excluding carboxylic acids is 3. The summed E-state index contributed by atoms with van der Waals surface area (Å²) in [6.07, 6.45) is 4.68. The van der Waals surface area contributed by atoms with E-state index >= 15 is 0 Å². The predicted octanol–water partition coefficient (Wildman–Crippen LogP) is 2.98. The summed E-state index contributed by atoms with van der Waals surface area (Å²) in [5, 5.41) is 0. The highest BCUT2D eigenvalue weighted by atomic mass is 16.6. The molecule has 0 aliphatic heterocycles. The number of hydrogen-bond acceptors (Lipinski definition) is 8. The lowest BCUT2D eigenvalue weighted by Gasteiger charge is -2.08. The molecule has 0 radical (unpaired) electrons. The number of benzene rings is 1. The molecular weight excluding hydrogens is 404 g/mol. The number of ether oxygens (including phenoxy) is 5. The summed E-state index contributed by atoms with van der Waals surface area (Å²) in [5.74, 6) is -1.75. The first-order chi connectivity index (χ1) is 15.1. The van der Waals surface area contributed by atoms with Gasteiger partial charge in [0.05, 0.1) is 39.6 Å². The minimum atomic E-state index is -0.898. The van der Waals surface area contributed by atoms with Crippen molar-refractivity contribution < 1.29 is 38.1 Å². The topological polar surface area (TPSA) is 97.4 Å². The molecule has 31 heavy (non-hydrogen) atoms. The molecule has 0 saturated heterocycles. The number of unbranched alkanes of at least 4 members (excludes halogenated alkanes) is 3. The van der Waals surface area contributed by atoms with Crippen molar-refractivity contribution in [3.63, 3.8) is 0 Å². The fourth-order valence-corrected chi connectivity index (χ4v) is 2.49. The predicted molar refractivity (Wildman–Crippen MR) is 114 cm³/mol. The maximum atomic E-state index is 11.8. The van der Waals surface area contributed by atoms with Crippen LogP contribution in [0.3, 0.4) is 0 Å². The zero-order valence-corrected chi connectivity index (χ0v) is 18.3. The van der Waals surface area contributed by atoms with E-state index in [1.54, 1.807) is 30.3 Å². The van der Waals surface area contributed by atoms with Gasteiger partial charge in [-0.05, 0) is 6.42 Å². The molecule has 0 spiro atoms. The van der Waals surface area contributed by atoms with E-state index in [1.807, 2.05) is 0 Å². The standard InChI is InChI=1S/C23H34O8/c1-2-3-4-8-11-21(24)30-18-16-28-14-12-27-13-15-29-17-19-31-23(26)22(25)20-9-6-5-7-10-20/h5-7,9-10H,2-4,8,11-19H2,1H3. The Hall–Kier alpha value is -2.29. The largest absolute Gasteiger partial charge is 0.463 e. The Morgan fingerprint density at radius 3 is 1.81 bits per heavy atom. The first kappa shape index (κ1) is 26.7. The Balaban J connectivity index is 1.84. The normalized spacial score (nSPS) is 10.6. The number of carbonyl (C=O) groups is 3. The highest BCUT2D eigenvalue weighted by Gasteiger charge is 2.16. The fourth-order valence-electron chi connectivity index (χ4n) is 2.49. The second kappa shape index (κ2) is 18.5. The van der Waals surface area contributed by atoms with Crippen LogP contribution in [0.25, 0.3) is 0 Å². The van der Waals surface area contributed by atoms with Crippen LogP contribution in [0.1, 0.15) is 49.4 Å². The molecule has 0 N–H and O–H groups in total. The lowest BCUT2D eigenvalue weighted by molar-refractivity contribution is -0.145. The molecule has 0 fully saturated rings. The molecule has 0 aliphatic rings. The lowest BCUT2D eigenvalue weighted by Crippen LogP contribution is -2.20. The Labute approximate surface area is 184 Å². The van der Waals surface area contributed by atoms with E-state index in [1.165, 1.54) is 0 Å². The fraction of sp³-hybridized carbons (Fsp3) is 0.609. The van der Waals surface area contributed by atoms with E-state index in [-0.39, 0.29) is 25.8 Å². The summed E-state index contributed by atoms with van der Waals surface area (Å²) in [6.45, 7) is 4.39. The van der Waals surface area contributed by atoms with E-state index in [2.05, 4.69) is 6.92 Å². The third kappa shape index (κ3) is 14.4. The van der Waals surface area contributed by atoms with Crippen molar-refractivity contribution in [1.29, 1.82) is 0 Å². The van der Waals surface area contributed by atoms with Crippen molar-refractivity contribution in [2.24, 2.45) is 0 Å². The van der Waals surface area contributed by atoms with Crippen molar-refractivity contribution in [2.75, 3.05) is 52.9 Å². The van der Waals surface area contributed by atoms with Gasteiger partial charge in [-0.2, -0.15) is 0 Å². The monoisotopic (exact) mass is 438 g/mol. The SMILES string of the molecule is CCCCCCC(=O)OCCOCCOCCOCCOC(=O)C(=O)c1ccccc1. The van der Waals surface area contributed by atoms with Crippen molar-refractivity contribution in [3.05, 3.63) is 35.9 Å². The summed E-state index contributed by atoms with van der Waals surface area (Å²) >= 11 is 0. The smallest absolute Gasteiger partial charge is 0.379 e. The van der Waals surface area contributed by atoms with Gasteiger partial charge in [-0.25, -0.2) is 4.79 Å². The van der Waals surface area contributed by atoms with Gasteiger partial charge in [-0.1, -0.05) is 56.5 Å². The maximum Gasteiger partial charge on any atom is 0.379 e. The molecule has 0 unspecified atom stereocenters. The van der Waals surface area contributed by atoms with Crippen molar-refractivity contribution >= 4 is 17.7 Å². The Morgan fingerprint density at radius 1 is 0.677 bits per heavy atom. The third-order valence-corrected chi connectivity index (χ3v) is 4.15. The van der Waals surface area contributed by atoms with Gasteiger partial charge in [0.25, 0.3) is 5.78 Å². The van der Waals surface area contributed by atoms with E-state index in [0.29, 0.717) is 45.0 Å². The van der Waals surface area contributed by atoms with Crippen LogP contribution in [-0.2, 0) is 33.3 Å². The number of rotatable bonds is 19. The first-order valence-corrected chi connectivity index (χ1v) is 10.8. The van der Waals surface area contributed by atoms with Gasteiger partial charge in [0, 0.05) is 12.0 Å². The molecule has 0 amide bonds. The highest BCUT2D eigenvalue weighted by Crippen LogP contribution is 2.03. The Morgan fingerprint density at radius 2 is 1.23 bits per heavy atom. The maximum absolute atomic E-state index is 11.8. The molecule has 0 bridgehead atoms. The summed E-state index contributed by atoms with van der Waals surface area (Å²) in [4.78, 5) is 34.9. The molecule has 0 atom stereocenters. The average molecular weight is 439 g/mol. The molecule has 1 aromatic carbocycles. The van der Waals surface area contributed by atoms with Gasteiger partial charge < -0.3 is 23.7 Å². The minimum absolute atomic E-state index is 0.00214. The molecule has 8 nitrogen and oxygen atoms in total. The lowest BCUT2D eigenvalue weighted by atomic mass is 10.1. The van der Waals surface area contributed by atoms with Crippen LogP contribution in [-0.4, -0.2) is 70.6 Å². The van der Waals surface area contributed by atoms with Gasteiger partial charge in [-0.3, -0.25) is 9.59 Å². The van der Waals surface area contributed by atoms with E-state index in [4.69, 9.17) is 23.7 Å². The molecule has 1 aromatic rings. The molecule has 174 valence electrons. The average Bonchev–Trinajstić information content (AvgIpc) is 2.79. The number of hydrogen-bond donors (Lipinski definition) is 0. The van der Waals surface area contributed by atoms with Crippen LogP contribution in [0.2, 0.25) is 0 Å². The second-order valence-corrected chi connectivity index (χ2v) is 6.70. The summed E-state index contributed by atoms with van der Waals surface area (Å²) < 4.78 is 25.9. The second-order valence-electron chi connectivity index (χ2n) is 6.70. The highest BCUT2D eigenvalue weighted by molar-refractivity contribution is 6.40. The van der Waals surface area contributed by atoms with Crippen LogP contribution >= 0.6 is 0 Å². The molecular formula is C23H34O8. The summed E-state index contributed by atoms with van der Waals surface area (Å²) in [5.41, 5.74) is 0.296. The van der Waals surface area contributed by atoms with Gasteiger partial charge in [0.1, 0.15) is 13.2 Å². The van der Waals surface area contributed by atoms with Crippen LogP contribution in [0.15, 0.2) is 30.3 Å². The van der Waals surface area contributed by atoms with Gasteiger partial charge in [-0.15, -0.1) is 0 Å². The summed E-state index contributed by atoms with van der Waals surface area (Å²) in [7, 11) is 0. The van der Waals surface area contributed by atoms with Crippen LogP contribution in [0.5, 0.6) is 0 Å². The van der Waals surface area contributed by atoms with Gasteiger partial charge in [0.2, 0.25) is 0 Å². The van der Waals surface area contributed by atoms with Crippen LogP contribution in [0.4, 0.5) is 0 Å². The molecule has 0 aromatic heterocycles. The van der Waals surface area contributed by atoms with Gasteiger partial charge in [0.15, 0.2) is 0 Å².